The van der Waals surface area contributed by atoms with Crippen molar-refractivity contribution in [1.82, 2.24) is 9.97 Å². The smallest absolute Gasteiger partial charge is 0.165 e. The molecule has 1 aliphatic rings. The summed E-state index contributed by atoms with van der Waals surface area (Å²) >= 11 is 0. The van der Waals surface area contributed by atoms with Crippen molar-refractivity contribution in [2.75, 3.05) is 5.73 Å². The summed E-state index contributed by atoms with van der Waals surface area (Å²) in [5, 5.41) is 0. The minimum absolute atomic E-state index is 0.0673. The zero-order valence-corrected chi connectivity index (χ0v) is 8.37. The van der Waals surface area contributed by atoms with Crippen LogP contribution in [-0.4, -0.2) is 15.8 Å². The predicted octanol–water partition coefficient (Wildman–Crippen LogP) is 1.45. The zero-order valence-electron chi connectivity index (χ0n) is 8.37. The Morgan fingerprint density at radius 2 is 2.07 bits per heavy atom. The van der Waals surface area contributed by atoms with Crippen molar-refractivity contribution < 1.29 is 4.79 Å². The van der Waals surface area contributed by atoms with E-state index in [1.54, 1.807) is 6.92 Å². The van der Waals surface area contributed by atoms with Crippen LogP contribution in [0, 0.1) is 6.92 Å². The molecule has 0 aromatic carbocycles. The number of carbonyl (C=O) groups is 1. The van der Waals surface area contributed by atoms with Crippen LogP contribution in [0.5, 0.6) is 0 Å². The summed E-state index contributed by atoms with van der Waals surface area (Å²) in [6.07, 6.45) is 2.27. The van der Waals surface area contributed by atoms with E-state index in [9.17, 15) is 4.79 Å². The molecule has 0 radical (unpaired) electrons. The molecule has 14 heavy (non-hydrogen) atoms. The van der Waals surface area contributed by atoms with E-state index in [1.807, 2.05) is 0 Å². The number of Topliss-reactive ketones (excluding diaryl/α,β-unsaturated/α-hetero) is 1. The fourth-order valence-corrected chi connectivity index (χ4v) is 1.58. The number of carbonyl (C=O) groups excluding carboxylic acids is 1. The van der Waals surface area contributed by atoms with Crippen molar-refractivity contribution in [2.45, 2.75) is 32.6 Å². The average molecular weight is 191 g/mol. The van der Waals surface area contributed by atoms with Crippen molar-refractivity contribution in [2.24, 2.45) is 0 Å². The summed E-state index contributed by atoms with van der Waals surface area (Å²) in [6.45, 7) is 3.29. The van der Waals surface area contributed by atoms with Gasteiger partial charge in [-0.3, -0.25) is 4.79 Å². The summed E-state index contributed by atoms with van der Waals surface area (Å²) in [5.41, 5.74) is 6.88. The predicted molar refractivity (Wildman–Crippen MR) is 53.2 cm³/mol. The SMILES string of the molecule is CC(=O)c1c(C)nc(C2CC2)nc1N. The van der Waals surface area contributed by atoms with Crippen LogP contribution < -0.4 is 5.73 Å². The summed E-state index contributed by atoms with van der Waals surface area (Å²) in [7, 11) is 0. The van der Waals surface area contributed by atoms with Crippen LogP contribution in [0.1, 0.15) is 47.6 Å². The molecule has 2 N–H and O–H groups in total. The van der Waals surface area contributed by atoms with Gasteiger partial charge in [-0.05, 0) is 26.7 Å². The lowest BCUT2D eigenvalue weighted by atomic mass is 10.1. The lowest BCUT2D eigenvalue weighted by Gasteiger charge is -2.06. The minimum atomic E-state index is -0.0673. The first-order valence-electron chi connectivity index (χ1n) is 4.74. The second kappa shape index (κ2) is 3.04. The Balaban J connectivity index is 2.49. The first-order chi connectivity index (χ1) is 6.59. The second-order valence-electron chi connectivity index (χ2n) is 3.76. The molecule has 0 amide bonds. The lowest BCUT2D eigenvalue weighted by molar-refractivity contribution is 0.101. The third-order valence-electron chi connectivity index (χ3n) is 2.43. The molecule has 2 rings (SSSR count). The highest BCUT2D eigenvalue weighted by Gasteiger charge is 2.28. The highest BCUT2D eigenvalue weighted by molar-refractivity contribution is 5.99. The van der Waals surface area contributed by atoms with Crippen LogP contribution in [0.3, 0.4) is 0 Å². The molecule has 0 spiro atoms. The third kappa shape index (κ3) is 1.47. The van der Waals surface area contributed by atoms with Crippen molar-refractivity contribution in [1.29, 1.82) is 0 Å². The van der Waals surface area contributed by atoms with Crippen molar-refractivity contribution in [3.8, 4) is 0 Å². The van der Waals surface area contributed by atoms with Crippen LogP contribution in [-0.2, 0) is 0 Å². The Bertz CT molecular complexity index is 373. The van der Waals surface area contributed by atoms with E-state index >= 15 is 0 Å². The van der Waals surface area contributed by atoms with Crippen molar-refractivity contribution >= 4 is 11.6 Å². The van der Waals surface area contributed by atoms with Crippen molar-refractivity contribution in [3.05, 3.63) is 17.1 Å². The number of nitrogens with zero attached hydrogens (tertiary/aromatic N) is 2. The second-order valence-corrected chi connectivity index (χ2v) is 3.76. The Morgan fingerprint density at radius 3 is 2.50 bits per heavy atom. The number of aromatic nitrogens is 2. The van der Waals surface area contributed by atoms with Gasteiger partial charge >= 0.3 is 0 Å². The van der Waals surface area contributed by atoms with Gasteiger partial charge in [0.15, 0.2) is 5.78 Å². The first kappa shape index (κ1) is 9.12. The van der Waals surface area contributed by atoms with Crippen LogP contribution >= 0.6 is 0 Å². The van der Waals surface area contributed by atoms with E-state index in [-0.39, 0.29) is 5.78 Å². The minimum Gasteiger partial charge on any atom is -0.383 e. The van der Waals surface area contributed by atoms with Gasteiger partial charge in [-0.2, -0.15) is 0 Å². The molecule has 0 unspecified atom stereocenters. The number of ketones is 1. The maximum atomic E-state index is 11.2. The zero-order chi connectivity index (χ0) is 10.3. The molecule has 1 aliphatic carbocycles. The number of hydrogen-bond donors (Lipinski definition) is 1. The normalized spacial score (nSPS) is 15.6. The van der Waals surface area contributed by atoms with E-state index in [0.29, 0.717) is 23.0 Å². The van der Waals surface area contributed by atoms with Gasteiger partial charge in [0, 0.05) is 5.92 Å². The fourth-order valence-electron chi connectivity index (χ4n) is 1.58. The lowest BCUT2D eigenvalue weighted by Crippen LogP contribution is -2.09. The van der Waals surface area contributed by atoms with Gasteiger partial charge in [0.2, 0.25) is 0 Å². The molecular formula is C10H13N3O. The van der Waals surface area contributed by atoms with Gasteiger partial charge in [-0.25, -0.2) is 9.97 Å². The largest absolute Gasteiger partial charge is 0.383 e. The quantitative estimate of drug-likeness (QED) is 0.718. The highest BCUT2D eigenvalue weighted by Crippen LogP contribution is 2.38. The highest BCUT2D eigenvalue weighted by atomic mass is 16.1. The summed E-state index contributed by atoms with van der Waals surface area (Å²) < 4.78 is 0. The van der Waals surface area contributed by atoms with E-state index in [0.717, 1.165) is 18.7 Å². The van der Waals surface area contributed by atoms with Crippen LogP contribution in [0.2, 0.25) is 0 Å². The average Bonchev–Trinajstić information content (AvgIpc) is 2.83. The van der Waals surface area contributed by atoms with E-state index < -0.39 is 0 Å². The van der Waals surface area contributed by atoms with Crippen LogP contribution in [0.25, 0.3) is 0 Å². The van der Waals surface area contributed by atoms with Crippen LogP contribution in [0.4, 0.5) is 5.82 Å². The monoisotopic (exact) mass is 191 g/mol. The molecule has 1 saturated carbocycles. The van der Waals surface area contributed by atoms with E-state index in [1.165, 1.54) is 6.92 Å². The molecule has 0 bridgehead atoms. The Kier molecular flexibility index (Phi) is 1.98. The molecule has 0 atom stereocenters. The molecule has 4 heteroatoms. The number of aryl methyl sites for hydroxylation is 1. The van der Waals surface area contributed by atoms with E-state index in [4.69, 9.17) is 5.73 Å². The van der Waals surface area contributed by atoms with Crippen molar-refractivity contribution in [3.63, 3.8) is 0 Å². The number of nitrogens with two attached hydrogens (primary N) is 1. The number of anilines is 1. The van der Waals surface area contributed by atoms with Gasteiger partial charge in [0.05, 0.1) is 11.3 Å². The molecule has 74 valence electrons. The number of nitrogen functional groups attached to an aromatic ring is 1. The molecule has 1 fully saturated rings. The summed E-state index contributed by atoms with van der Waals surface area (Å²) in [4.78, 5) is 19.7. The topological polar surface area (TPSA) is 68.9 Å². The number of hydrogen-bond acceptors (Lipinski definition) is 4. The fraction of sp³-hybridized carbons (Fsp3) is 0.500. The molecule has 0 aliphatic heterocycles. The maximum Gasteiger partial charge on any atom is 0.165 e. The summed E-state index contributed by atoms with van der Waals surface area (Å²) in [6, 6.07) is 0. The van der Waals surface area contributed by atoms with Gasteiger partial charge in [-0.15, -0.1) is 0 Å². The van der Waals surface area contributed by atoms with Crippen LogP contribution in [0.15, 0.2) is 0 Å². The van der Waals surface area contributed by atoms with Gasteiger partial charge in [0.1, 0.15) is 11.6 Å². The molecule has 1 aromatic heterocycles. The molecule has 4 nitrogen and oxygen atoms in total. The van der Waals surface area contributed by atoms with Gasteiger partial charge in [-0.1, -0.05) is 0 Å². The molecular weight excluding hydrogens is 178 g/mol. The molecule has 1 heterocycles. The van der Waals surface area contributed by atoms with Gasteiger partial charge < -0.3 is 5.73 Å². The molecule has 0 saturated heterocycles. The Labute approximate surface area is 82.6 Å². The van der Waals surface area contributed by atoms with Gasteiger partial charge in [0.25, 0.3) is 0 Å². The Morgan fingerprint density at radius 1 is 1.43 bits per heavy atom. The summed E-state index contributed by atoms with van der Waals surface area (Å²) in [5.74, 6) is 1.52. The third-order valence-corrected chi connectivity index (χ3v) is 2.43. The Hall–Kier alpha value is -1.45. The first-order valence-corrected chi connectivity index (χ1v) is 4.74. The van der Waals surface area contributed by atoms with E-state index in [2.05, 4.69) is 9.97 Å². The molecule has 1 aromatic rings. The maximum absolute atomic E-state index is 11.2. The standard InChI is InChI=1S/C10H13N3O/c1-5-8(6(2)14)9(11)13-10(12-5)7-3-4-7/h7H,3-4H2,1-2H3,(H2,11,12,13). The number of rotatable bonds is 2.